The Morgan fingerprint density at radius 2 is 0.541 bits per heavy atom. The van der Waals surface area contributed by atoms with Gasteiger partial charge in [0.25, 0.3) is 0 Å². The van der Waals surface area contributed by atoms with E-state index in [1.54, 1.807) is 0 Å². The molecule has 0 bridgehead atoms. The third-order valence-electron chi connectivity index (χ3n) is 5.46. The molecule has 9 nitrogen and oxygen atoms in total. The summed E-state index contributed by atoms with van der Waals surface area (Å²) in [5.74, 6) is 0. The number of unbranched alkanes of at least 4 members (excludes halogenated alkanes) is 6. The molecule has 0 radical (unpaired) electrons. The van der Waals surface area contributed by atoms with Crippen LogP contribution in [0.25, 0.3) is 0 Å². The summed E-state index contributed by atoms with van der Waals surface area (Å²) in [4.78, 5) is 35.8. The van der Waals surface area contributed by atoms with Crippen LogP contribution in [-0.4, -0.2) is 72.2 Å². The zero-order valence-electron chi connectivity index (χ0n) is 24.4. The molecule has 0 aromatic heterocycles. The molecule has 37 heavy (non-hydrogen) atoms. The quantitative estimate of drug-likeness (QED) is 0.245. The van der Waals surface area contributed by atoms with Crippen LogP contribution in [0.3, 0.4) is 0 Å². The summed E-state index contributed by atoms with van der Waals surface area (Å²) in [7, 11) is 0. The first-order valence-corrected chi connectivity index (χ1v) is 14.0. The van der Waals surface area contributed by atoms with Crippen LogP contribution in [-0.2, 0) is 16.8 Å². The molecular weight excluding hydrogens is 521 g/mol. The van der Waals surface area contributed by atoms with Crippen LogP contribution >= 0.6 is 0 Å². The maximum atomic E-state index is 10.5. The number of rotatable bonds is 18. The molecule has 0 saturated heterocycles. The van der Waals surface area contributed by atoms with Crippen molar-refractivity contribution in [2.45, 2.75) is 119 Å². The van der Waals surface area contributed by atoms with E-state index in [0.717, 1.165) is 77.0 Å². The molecule has 0 aliphatic carbocycles. The van der Waals surface area contributed by atoms with E-state index in [9.17, 15) is 29.7 Å². The molecule has 0 aliphatic rings. The zero-order valence-corrected chi connectivity index (χ0v) is 25.4. The van der Waals surface area contributed by atoms with Gasteiger partial charge in [-0.05, 0) is 38.5 Å². The van der Waals surface area contributed by atoms with Gasteiger partial charge >= 0.3 is 16.8 Å². The summed E-state index contributed by atoms with van der Waals surface area (Å²) < 4.78 is 0. The van der Waals surface area contributed by atoms with Crippen molar-refractivity contribution in [3.05, 3.63) is 0 Å². The molecule has 10 heteroatoms. The largest absolute Gasteiger partial charge is 3.00 e. The average molecular weight is 576 g/mol. The predicted octanol–water partition coefficient (Wildman–Crippen LogP) is 3.69. The molecule has 0 spiro atoms. The third kappa shape index (κ3) is 30.4. The normalized spacial score (nSPS) is 9.57. The predicted molar refractivity (Wildman–Crippen MR) is 140 cm³/mol. The molecule has 0 N–H and O–H groups in total. The second kappa shape index (κ2) is 32.3. The van der Waals surface area contributed by atoms with Gasteiger partial charge in [0, 0.05) is 39.3 Å². The van der Waals surface area contributed by atoms with Gasteiger partial charge in [-0.2, -0.15) is 0 Å². The molecule has 0 rings (SSSR count). The monoisotopic (exact) mass is 575 g/mol. The van der Waals surface area contributed by atoms with E-state index in [1.807, 2.05) is 41.5 Å². The van der Waals surface area contributed by atoms with Crippen LogP contribution < -0.4 is 15.3 Å². The smallest absolute Gasteiger partial charge is 0.530 e. The number of carboxylic acid groups (broad SMARTS) is 3. The molecule has 0 aromatic rings. The minimum atomic E-state index is -1.03. The number of hydrogen-bond donors (Lipinski definition) is 0. The number of carbonyl (C=O) groups is 3. The van der Waals surface area contributed by atoms with Crippen LogP contribution in [0.15, 0.2) is 0 Å². The first kappa shape index (κ1) is 42.4. The number of nitrogens with zero attached hydrogens (tertiary/aromatic N) is 3. The molecule has 0 atom stereocenters. The van der Waals surface area contributed by atoms with Gasteiger partial charge in [0.1, 0.15) is 18.3 Å². The Bertz CT molecular complexity index is 431. The van der Waals surface area contributed by atoms with Crippen molar-refractivity contribution in [3.8, 4) is 0 Å². The maximum Gasteiger partial charge on any atom is 3.00 e. The van der Waals surface area contributed by atoms with Crippen LogP contribution in [0, 0.1) is 0 Å². The van der Waals surface area contributed by atoms with Crippen LogP contribution in [0.1, 0.15) is 119 Å². The minimum absolute atomic E-state index is 0. The van der Waals surface area contributed by atoms with Gasteiger partial charge in [-0.15, -0.1) is 0 Å². The van der Waals surface area contributed by atoms with Crippen molar-refractivity contribution in [1.29, 1.82) is 0 Å². The Balaban J connectivity index is -0.000000218. The first-order valence-electron chi connectivity index (χ1n) is 14.0. The summed E-state index contributed by atoms with van der Waals surface area (Å²) in [6.45, 7) is 16.0. The van der Waals surface area contributed by atoms with Gasteiger partial charge in [0.05, 0.1) is 0 Å². The van der Waals surface area contributed by atoms with Gasteiger partial charge < -0.3 is 44.4 Å². The van der Waals surface area contributed by atoms with Gasteiger partial charge in [-0.3, -0.25) is 0 Å². The number of hydrogen-bond acceptors (Lipinski definition) is 6. The molecular formula is C27H54CoN3O6. The van der Waals surface area contributed by atoms with Crippen LogP contribution in [0.5, 0.6) is 0 Å². The second-order valence-corrected chi connectivity index (χ2v) is 8.88. The van der Waals surface area contributed by atoms with Crippen molar-refractivity contribution in [2.24, 2.45) is 0 Å². The molecule has 0 saturated carbocycles. The van der Waals surface area contributed by atoms with E-state index in [0.29, 0.717) is 39.3 Å². The summed E-state index contributed by atoms with van der Waals surface area (Å²) in [6.07, 6.45) is 8.62. The van der Waals surface area contributed by atoms with Crippen LogP contribution in [0.2, 0.25) is 0 Å². The SMILES string of the molecule is CCCCN(CCCC)C(=O)[O-].CCCCN(CCCC)C(=O)[O-].CCCCN(CCCC)C(=O)[O-].[Co+3]. The van der Waals surface area contributed by atoms with Crippen LogP contribution in [0.4, 0.5) is 14.4 Å². The number of carbonyl (C=O) groups excluding carboxylic acids is 3. The molecule has 0 aliphatic heterocycles. The van der Waals surface area contributed by atoms with E-state index >= 15 is 0 Å². The second-order valence-electron chi connectivity index (χ2n) is 8.88. The molecule has 0 unspecified atom stereocenters. The van der Waals surface area contributed by atoms with Crippen molar-refractivity contribution in [1.82, 2.24) is 14.7 Å². The van der Waals surface area contributed by atoms with E-state index in [-0.39, 0.29) is 16.8 Å². The third-order valence-corrected chi connectivity index (χ3v) is 5.46. The van der Waals surface area contributed by atoms with E-state index < -0.39 is 18.3 Å². The van der Waals surface area contributed by atoms with Crippen molar-refractivity contribution in [2.75, 3.05) is 39.3 Å². The molecule has 0 aromatic carbocycles. The van der Waals surface area contributed by atoms with E-state index in [4.69, 9.17) is 0 Å². The van der Waals surface area contributed by atoms with Gasteiger partial charge in [-0.25, -0.2) is 0 Å². The van der Waals surface area contributed by atoms with E-state index in [2.05, 4.69) is 0 Å². The van der Waals surface area contributed by atoms with Gasteiger partial charge in [-0.1, -0.05) is 80.1 Å². The summed E-state index contributed by atoms with van der Waals surface area (Å²) in [5.41, 5.74) is 0. The molecule has 3 amide bonds. The fraction of sp³-hybridized carbons (Fsp3) is 0.889. The molecule has 0 heterocycles. The number of amides is 3. The van der Waals surface area contributed by atoms with Gasteiger partial charge in [0.15, 0.2) is 0 Å². The molecule has 222 valence electrons. The van der Waals surface area contributed by atoms with Crippen molar-refractivity contribution in [3.63, 3.8) is 0 Å². The van der Waals surface area contributed by atoms with Crippen molar-refractivity contribution < 1.29 is 46.5 Å². The standard InChI is InChI=1S/3C9H19NO2.Co/c3*1-3-5-7-10(9(11)12)8-6-4-2;/h3*3-8H2,1-2H3,(H,11,12);/q;;;+3/p-3. The fourth-order valence-electron chi connectivity index (χ4n) is 2.98. The Hall–Kier alpha value is -1.68. The summed E-state index contributed by atoms with van der Waals surface area (Å²) in [5, 5.41) is 31.6. The minimum Gasteiger partial charge on any atom is -0.530 e. The Labute approximate surface area is 237 Å². The molecule has 0 fully saturated rings. The summed E-state index contributed by atoms with van der Waals surface area (Å²) >= 11 is 0. The first-order chi connectivity index (χ1) is 17.2. The zero-order chi connectivity index (χ0) is 28.2. The summed E-state index contributed by atoms with van der Waals surface area (Å²) in [6, 6.07) is 0. The Morgan fingerprint density at radius 3 is 0.622 bits per heavy atom. The van der Waals surface area contributed by atoms with Crippen molar-refractivity contribution >= 4 is 18.3 Å². The Morgan fingerprint density at radius 1 is 0.405 bits per heavy atom. The topological polar surface area (TPSA) is 130 Å². The van der Waals surface area contributed by atoms with E-state index in [1.165, 1.54) is 14.7 Å². The fourth-order valence-corrected chi connectivity index (χ4v) is 2.98. The Kier molecular flexibility index (Phi) is 37.1. The maximum absolute atomic E-state index is 10.5. The van der Waals surface area contributed by atoms with Gasteiger partial charge in [0.2, 0.25) is 0 Å². The average Bonchev–Trinajstić information content (AvgIpc) is 2.84.